The largest absolute Gasteiger partial charge is 0.344 e. The lowest BCUT2D eigenvalue weighted by Crippen LogP contribution is -2.17. The van der Waals surface area contributed by atoms with Crippen LogP contribution < -0.4 is 5.32 Å². The molecule has 2 aromatic heterocycles. The molecule has 0 unspecified atom stereocenters. The van der Waals surface area contributed by atoms with Crippen LogP contribution in [-0.4, -0.2) is 25.7 Å². The zero-order chi connectivity index (χ0) is 12.3. The number of anilines is 1. The van der Waals surface area contributed by atoms with Crippen LogP contribution in [0.15, 0.2) is 18.3 Å². The zero-order valence-corrected chi connectivity index (χ0v) is 9.90. The fraction of sp³-hybridized carbons (Fsp3) is 0.364. The van der Waals surface area contributed by atoms with Gasteiger partial charge in [-0.2, -0.15) is 4.98 Å². The third-order valence-corrected chi connectivity index (χ3v) is 2.35. The molecule has 2 rings (SSSR count). The van der Waals surface area contributed by atoms with Gasteiger partial charge in [0.15, 0.2) is 0 Å². The minimum absolute atomic E-state index is 0.192. The first-order valence-corrected chi connectivity index (χ1v) is 5.56. The standard InChI is InChI=1S/C11H15N5O/c1-3-6-16-7-4-5-9(16)10(17)13-11-12-8(2)14-15-11/h4-5,7H,3,6H2,1-2H3,(H2,12,13,14,15,17). The summed E-state index contributed by atoms with van der Waals surface area (Å²) in [7, 11) is 0. The van der Waals surface area contributed by atoms with E-state index in [1.807, 2.05) is 16.8 Å². The summed E-state index contributed by atoms with van der Waals surface area (Å²) in [4.78, 5) is 16.0. The molecule has 0 aliphatic rings. The summed E-state index contributed by atoms with van der Waals surface area (Å²) >= 11 is 0. The monoisotopic (exact) mass is 233 g/mol. The number of H-pyrrole nitrogens is 1. The highest BCUT2D eigenvalue weighted by atomic mass is 16.2. The Morgan fingerprint density at radius 3 is 3.06 bits per heavy atom. The number of carbonyl (C=O) groups excluding carboxylic acids is 1. The van der Waals surface area contributed by atoms with Gasteiger partial charge in [0.05, 0.1) is 0 Å². The van der Waals surface area contributed by atoms with Crippen LogP contribution in [0.5, 0.6) is 0 Å². The Bertz CT molecular complexity index is 513. The van der Waals surface area contributed by atoms with Crippen molar-refractivity contribution in [1.29, 1.82) is 0 Å². The quantitative estimate of drug-likeness (QED) is 0.841. The maximum Gasteiger partial charge on any atom is 0.274 e. The molecule has 0 aliphatic heterocycles. The fourth-order valence-corrected chi connectivity index (χ4v) is 1.62. The van der Waals surface area contributed by atoms with Crippen molar-refractivity contribution in [3.8, 4) is 0 Å². The van der Waals surface area contributed by atoms with Gasteiger partial charge < -0.3 is 4.57 Å². The molecule has 0 bridgehead atoms. The maximum atomic E-state index is 12.0. The van der Waals surface area contributed by atoms with Crippen LogP contribution in [0.3, 0.4) is 0 Å². The molecule has 0 fully saturated rings. The van der Waals surface area contributed by atoms with E-state index in [1.54, 1.807) is 13.0 Å². The minimum Gasteiger partial charge on any atom is -0.344 e. The third kappa shape index (κ3) is 2.52. The molecule has 0 atom stereocenters. The Morgan fingerprint density at radius 2 is 2.41 bits per heavy atom. The predicted molar refractivity (Wildman–Crippen MR) is 63.8 cm³/mol. The normalized spacial score (nSPS) is 10.5. The highest BCUT2D eigenvalue weighted by molar-refractivity contribution is 6.02. The van der Waals surface area contributed by atoms with Gasteiger partial charge in [-0.05, 0) is 25.5 Å². The minimum atomic E-state index is -0.192. The Morgan fingerprint density at radius 1 is 1.59 bits per heavy atom. The molecule has 2 aromatic rings. The van der Waals surface area contributed by atoms with Gasteiger partial charge in [-0.25, -0.2) is 0 Å². The Kier molecular flexibility index (Phi) is 3.22. The van der Waals surface area contributed by atoms with E-state index in [-0.39, 0.29) is 5.91 Å². The van der Waals surface area contributed by atoms with Gasteiger partial charge in [-0.15, -0.1) is 5.10 Å². The van der Waals surface area contributed by atoms with E-state index in [2.05, 4.69) is 27.4 Å². The summed E-state index contributed by atoms with van der Waals surface area (Å²) in [5.74, 6) is 0.781. The molecule has 6 heteroatoms. The van der Waals surface area contributed by atoms with Gasteiger partial charge in [0.1, 0.15) is 11.5 Å². The zero-order valence-electron chi connectivity index (χ0n) is 9.90. The molecule has 0 aromatic carbocycles. The molecule has 0 spiro atoms. The van der Waals surface area contributed by atoms with Crippen molar-refractivity contribution >= 4 is 11.9 Å². The maximum absolute atomic E-state index is 12.0. The molecule has 0 radical (unpaired) electrons. The number of rotatable bonds is 4. The lowest BCUT2D eigenvalue weighted by Gasteiger charge is -2.06. The van der Waals surface area contributed by atoms with Crippen molar-refractivity contribution in [2.75, 3.05) is 5.32 Å². The van der Waals surface area contributed by atoms with Gasteiger partial charge >= 0.3 is 0 Å². The molecule has 6 nitrogen and oxygen atoms in total. The summed E-state index contributed by atoms with van der Waals surface area (Å²) in [6, 6.07) is 3.64. The van der Waals surface area contributed by atoms with E-state index in [9.17, 15) is 4.79 Å². The van der Waals surface area contributed by atoms with E-state index >= 15 is 0 Å². The third-order valence-electron chi connectivity index (χ3n) is 2.35. The van der Waals surface area contributed by atoms with Gasteiger partial charge in [0.25, 0.3) is 5.91 Å². The van der Waals surface area contributed by atoms with Crippen molar-refractivity contribution in [2.24, 2.45) is 0 Å². The molecule has 0 saturated heterocycles. The van der Waals surface area contributed by atoms with Crippen LogP contribution in [0.4, 0.5) is 5.95 Å². The highest BCUT2D eigenvalue weighted by Gasteiger charge is 2.12. The van der Waals surface area contributed by atoms with Gasteiger partial charge in [0.2, 0.25) is 5.95 Å². The summed E-state index contributed by atoms with van der Waals surface area (Å²) < 4.78 is 1.91. The summed E-state index contributed by atoms with van der Waals surface area (Å²) in [5, 5.41) is 9.19. The van der Waals surface area contributed by atoms with Crippen molar-refractivity contribution in [1.82, 2.24) is 19.7 Å². The Balaban J connectivity index is 2.11. The molecule has 90 valence electrons. The number of carbonyl (C=O) groups is 1. The second-order valence-corrected chi connectivity index (χ2v) is 3.79. The first kappa shape index (κ1) is 11.4. The average molecular weight is 233 g/mol. The van der Waals surface area contributed by atoms with E-state index in [0.717, 1.165) is 13.0 Å². The van der Waals surface area contributed by atoms with Crippen molar-refractivity contribution in [3.63, 3.8) is 0 Å². The number of aromatic amines is 1. The molecule has 17 heavy (non-hydrogen) atoms. The fourth-order valence-electron chi connectivity index (χ4n) is 1.62. The average Bonchev–Trinajstić information content (AvgIpc) is 2.88. The topological polar surface area (TPSA) is 75.6 Å². The number of hydrogen-bond donors (Lipinski definition) is 2. The molecule has 2 N–H and O–H groups in total. The molecular weight excluding hydrogens is 218 g/mol. The smallest absolute Gasteiger partial charge is 0.274 e. The molecule has 1 amide bonds. The number of aromatic nitrogens is 4. The second-order valence-electron chi connectivity index (χ2n) is 3.79. The summed E-state index contributed by atoms with van der Waals surface area (Å²) in [6.07, 6.45) is 2.87. The number of aryl methyl sites for hydroxylation is 2. The number of nitrogens with one attached hydrogen (secondary N) is 2. The van der Waals surface area contributed by atoms with E-state index in [1.165, 1.54) is 0 Å². The SMILES string of the molecule is CCCn1cccc1C(=O)Nc1n[nH]c(C)n1. The Labute approximate surface area is 99.1 Å². The van der Waals surface area contributed by atoms with Crippen LogP contribution in [0, 0.1) is 6.92 Å². The molecule has 2 heterocycles. The summed E-state index contributed by atoms with van der Waals surface area (Å²) in [6.45, 7) is 4.67. The van der Waals surface area contributed by atoms with Crippen LogP contribution in [0.1, 0.15) is 29.7 Å². The van der Waals surface area contributed by atoms with Gasteiger partial charge in [-0.1, -0.05) is 6.92 Å². The number of nitrogens with zero attached hydrogens (tertiary/aromatic N) is 3. The van der Waals surface area contributed by atoms with E-state index < -0.39 is 0 Å². The second kappa shape index (κ2) is 4.82. The van der Waals surface area contributed by atoms with Crippen LogP contribution in [0.25, 0.3) is 0 Å². The van der Waals surface area contributed by atoms with Crippen LogP contribution >= 0.6 is 0 Å². The molecular formula is C11H15N5O. The van der Waals surface area contributed by atoms with E-state index in [4.69, 9.17) is 0 Å². The lowest BCUT2D eigenvalue weighted by molar-refractivity contribution is 0.101. The summed E-state index contributed by atoms with van der Waals surface area (Å²) in [5.41, 5.74) is 0.620. The van der Waals surface area contributed by atoms with E-state index in [0.29, 0.717) is 17.5 Å². The highest BCUT2D eigenvalue weighted by Crippen LogP contribution is 2.06. The van der Waals surface area contributed by atoms with Crippen molar-refractivity contribution < 1.29 is 4.79 Å². The molecule has 0 aliphatic carbocycles. The number of amides is 1. The van der Waals surface area contributed by atoms with Gasteiger partial charge in [-0.3, -0.25) is 15.2 Å². The van der Waals surface area contributed by atoms with Crippen LogP contribution in [-0.2, 0) is 6.54 Å². The molecule has 0 saturated carbocycles. The first-order valence-electron chi connectivity index (χ1n) is 5.56. The van der Waals surface area contributed by atoms with Crippen LogP contribution in [0.2, 0.25) is 0 Å². The van der Waals surface area contributed by atoms with Crippen molar-refractivity contribution in [3.05, 3.63) is 29.8 Å². The van der Waals surface area contributed by atoms with Crippen molar-refractivity contribution in [2.45, 2.75) is 26.8 Å². The number of hydrogen-bond acceptors (Lipinski definition) is 3. The predicted octanol–water partition coefficient (Wildman–Crippen LogP) is 1.58. The Hall–Kier alpha value is -2.11. The lowest BCUT2D eigenvalue weighted by atomic mass is 10.4. The first-order chi connectivity index (χ1) is 8.20. The van der Waals surface area contributed by atoms with Gasteiger partial charge in [0, 0.05) is 12.7 Å².